The van der Waals surface area contributed by atoms with Crippen LogP contribution in [0.2, 0.25) is 10.0 Å². The maximum absolute atomic E-state index is 6.25. The summed E-state index contributed by atoms with van der Waals surface area (Å²) in [5.74, 6) is 0. The van der Waals surface area contributed by atoms with Crippen LogP contribution in [0.5, 0.6) is 0 Å². The number of halogens is 2. The predicted molar refractivity (Wildman–Crippen MR) is 84.9 cm³/mol. The molecule has 5 heteroatoms. The lowest BCUT2D eigenvalue weighted by molar-refractivity contribution is -0.0436. The molecule has 3 nitrogen and oxygen atoms in total. The van der Waals surface area contributed by atoms with Crippen LogP contribution in [-0.2, 0) is 11.2 Å². The SMILES string of the molecule is CCN1CCOC(C(Cc2cc(Cl)ccc2Cl)NC)C1. The van der Waals surface area contributed by atoms with Gasteiger partial charge < -0.3 is 10.1 Å². The molecule has 112 valence electrons. The second kappa shape index (κ2) is 7.62. The number of hydrogen-bond donors (Lipinski definition) is 1. The molecule has 2 atom stereocenters. The first-order chi connectivity index (χ1) is 9.63. The fraction of sp³-hybridized carbons (Fsp3) is 0.600. The molecule has 1 N–H and O–H groups in total. The lowest BCUT2D eigenvalue weighted by atomic mass is 10.00. The molecule has 0 radical (unpaired) electrons. The van der Waals surface area contributed by atoms with Gasteiger partial charge in [0.05, 0.1) is 12.7 Å². The minimum Gasteiger partial charge on any atom is -0.374 e. The summed E-state index contributed by atoms with van der Waals surface area (Å²) in [5.41, 5.74) is 1.07. The zero-order chi connectivity index (χ0) is 14.5. The number of hydrogen-bond acceptors (Lipinski definition) is 3. The normalized spacial score (nSPS) is 21.9. The lowest BCUT2D eigenvalue weighted by Gasteiger charge is -2.36. The van der Waals surface area contributed by atoms with E-state index in [4.69, 9.17) is 27.9 Å². The molecule has 0 aromatic heterocycles. The molecule has 2 unspecified atom stereocenters. The van der Waals surface area contributed by atoms with Crippen molar-refractivity contribution in [3.05, 3.63) is 33.8 Å². The van der Waals surface area contributed by atoms with Crippen LogP contribution >= 0.6 is 23.2 Å². The number of benzene rings is 1. The Labute approximate surface area is 131 Å². The number of nitrogens with one attached hydrogen (secondary N) is 1. The highest BCUT2D eigenvalue weighted by Crippen LogP contribution is 2.23. The summed E-state index contributed by atoms with van der Waals surface area (Å²) in [6.45, 7) is 6.01. The molecule has 0 aliphatic carbocycles. The van der Waals surface area contributed by atoms with Gasteiger partial charge in [0, 0.05) is 29.2 Å². The molecule has 0 saturated carbocycles. The van der Waals surface area contributed by atoms with E-state index in [1.165, 1.54) is 0 Å². The standard InChI is InChI=1S/C15H22Cl2N2O/c1-3-19-6-7-20-15(10-19)14(18-2)9-11-8-12(16)4-5-13(11)17/h4-5,8,14-15,18H,3,6-7,9-10H2,1-2H3. The Morgan fingerprint density at radius 1 is 1.45 bits per heavy atom. The van der Waals surface area contributed by atoms with Crippen molar-refractivity contribution in [1.82, 2.24) is 10.2 Å². The largest absolute Gasteiger partial charge is 0.374 e. The molecule has 1 aromatic carbocycles. The van der Waals surface area contributed by atoms with Crippen molar-refractivity contribution in [3.63, 3.8) is 0 Å². The molecular formula is C15H22Cl2N2O. The van der Waals surface area contributed by atoms with Gasteiger partial charge in [0.25, 0.3) is 0 Å². The summed E-state index contributed by atoms with van der Waals surface area (Å²) < 4.78 is 5.93. The van der Waals surface area contributed by atoms with Crippen LogP contribution in [0.4, 0.5) is 0 Å². The van der Waals surface area contributed by atoms with E-state index in [2.05, 4.69) is 17.1 Å². The van der Waals surface area contributed by atoms with Gasteiger partial charge in [-0.3, -0.25) is 4.90 Å². The molecule has 2 rings (SSSR count). The monoisotopic (exact) mass is 316 g/mol. The van der Waals surface area contributed by atoms with Crippen molar-refractivity contribution in [2.24, 2.45) is 0 Å². The van der Waals surface area contributed by atoms with E-state index in [1.807, 2.05) is 25.2 Å². The molecule has 1 aliphatic rings. The van der Waals surface area contributed by atoms with Crippen LogP contribution in [0, 0.1) is 0 Å². The van der Waals surface area contributed by atoms with Crippen molar-refractivity contribution in [2.45, 2.75) is 25.5 Å². The third-order valence-corrected chi connectivity index (χ3v) is 4.50. The first kappa shape index (κ1) is 16.1. The first-order valence-electron chi connectivity index (χ1n) is 7.09. The van der Waals surface area contributed by atoms with E-state index in [0.29, 0.717) is 0 Å². The van der Waals surface area contributed by atoms with Gasteiger partial charge in [0.2, 0.25) is 0 Å². The zero-order valence-corrected chi connectivity index (χ0v) is 13.5. The molecular weight excluding hydrogens is 295 g/mol. The minimum absolute atomic E-state index is 0.184. The molecule has 0 bridgehead atoms. The van der Waals surface area contributed by atoms with Crippen molar-refractivity contribution in [2.75, 3.05) is 33.3 Å². The Morgan fingerprint density at radius 2 is 2.25 bits per heavy atom. The van der Waals surface area contributed by atoms with E-state index in [0.717, 1.165) is 48.3 Å². The van der Waals surface area contributed by atoms with Gasteiger partial charge in [-0.25, -0.2) is 0 Å². The Morgan fingerprint density at radius 3 is 2.95 bits per heavy atom. The van der Waals surface area contributed by atoms with Gasteiger partial charge in [-0.1, -0.05) is 30.1 Å². The Balaban J connectivity index is 2.06. The Bertz CT molecular complexity index is 442. The highest BCUT2D eigenvalue weighted by Gasteiger charge is 2.27. The predicted octanol–water partition coefficient (Wildman–Crippen LogP) is 2.84. The maximum Gasteiger partial charge on any atom is 0.0858 e. The summed E-state index contributed by atoms with van der Waals surface area (Å²) in [4.78, 5) is 2.41. The second-order valence-electron chi connectivity index (χ2n) is 5.14. The van der Waals surface area contributed by atoms with Crippen molar-refractivity contribution < 1.29 is 4.74 Å². The zero-order valence-electron chi connectivity index (χ0n) is 12.0. The average Bonchev–Trinajstić information content (AvgIpc) is 2.48. The van der Waals surface area contributed by atoms with Gasteiger partial charge in [0.15, 0.2) is 0 Å². The summed E-state index contributed by atoms with van der Waals surface area (Å²) >= 11 is 12.3. The molecule has 1 fully saturated rings. The minimum atomic E-state index is 0.184. The van der Waals surface area contributed by atoms with Crippen LogP contribution in [0.15, 0.2) is 18.2 Å². The number of nitrogens with zero attached hydrogens (tertiary/aromatic N) is 1. The van der Waals surface area contributed by atoms with E-state index in [1.54, 1.807) is 0 Å². The summed E-state index contributed by atoms with van der Waals surface area (Å²) in [6.07, 6.45) is 1.00. The summed E-state index contributed by atoms with van der Waals surface area (Å²) in [7, 11) is 1.97. The third-order valence-electron chi connectivity index (χ3n) is 3.89. The quantitative estimate of drug-likeness (QED) is 0.904. The van der Waals surface area contributed by atoms with E-state index in [-0.39, 0.29) is 12.1 Å². The van der Waals surface area contributed by atoms with E-state index in [9.17, 15) is 0 Å². The van der Waals surface area contributed by atoms with Gasteiger partial charge in [-0.2, -0.15) is 0 Å². The summed E-state index contributed by atoms with van der Waals surface area (Å²) in [5, 5.41) is 4.84. The van der Waals surface area contributed by atoms with E-state index >= 15 is 0 Å². The van der Waals surface area contributed by atoms with Crippen molar-refractivity contribution in [3.8, 4) is 0 Å². The van der Waals surface area contributed by atoms with Crippen LogP contribution in [0.3, 0.4) is 0 Å². The van der Waals surface area contributed by atoms with Crippen LogP contribution in [0.25, 0.3) is 0 Å². The Kier molecular flexibility index (Phi) is 6.12. The molecule has 20 heavy (non-hydrogen) atoms. The second-order valence-corrected chi connectivity index (χ2v) is 5.98. The molecule has 1 aliphatic heterocycles. The van der Waals surface area contributed by atoms with Crippen LogP contribution < -0.4 is 5.32 Å². The van der Waals surface area contributed by atoms with Crippen LogP contribution in [0.1, 0.15) is 12.5 Å². The molecule has 0 spiro atoms. The van der Waals surface area contributed by atoms with Gasteiger partial charge in [-0.15, -0.1) is 0 Å². The molecule has 1 saturated heterocycles. The number of rotatable bonds is 5. The highest BCUT2D eigenvalue weighted by molar-refractivity contribution is 6.33. The lowest BCUT2D eigenvalue weighted by Crippen LogP contribution is -2.52. The molecule has 1 heterocycles. The topological polar surface area (TPSA) is 24.5 Å². The fourth-order valence-corrected chi connectivity index (χ4v) is 3.01. The molecule has 0 amide bonds. The van der Waals surface area contributed by atoms with Crippen molar-refractivity contribution >= 4 is 23.2 Å². The van der Waals surface area contributed by atoms with Crippen LogP contribution in [-0.4, -0.2) is 50.3 Å². The maximum atomic E-state index is 6.25. The number of morpholine rings is 1. The third kappa shape index (κ3) is 4.09. The fourth-order valence-electron chi connectivity index (χ4n) is 2.62. The van der Waals surface area contributed by atoms with E-state index < -0.39 is 0 Å². The van der Waals surface area contributed by atoms with Crippen molar-refractivity contribution in [1.29, 1.82) is 0 Å². The van der Waals surface area contributed by atoms with Gasteiger partial charge >= 0.3 is 0 Å². The molecule has 1 aromatic rings. The average molecular weight is 317 g/mol. The summed E-state index contributed by atoms with van der Waals surface area (Å²) in [6, 6.07) is 5.85. The number of likely N-dealkylation sites (N-methyl/N-ethyl adjacent to an activating group) is 2. The highest BCUT2D eigenvalue weighted by atomic mass is 35.5. The smallest absolute Gasteiger partial charge is 0.0858 e. The van der Waals surface area contributed by atoms with Gasteiger partial charge in [-0.05, 0) is 43.8 Å². The van der Waals surface area contributed by atoms with Gasteiger partial charge in [0.1, 0.15) is 0 Å². The number of ether oxygens (including phenoxy) is 1. The Hall–Kier alpha value is -0.320. The first-order valence-corrected chi connectivity index (χ1v) is 7.84.